The smallest absolute Gasteiger partial charge is 0.142 e. The van der Waals surface area contributed by atoms with Crippen molar-refractivity contribution in [3.05, 3.63) is 58.9 Å². The van der Waals surface area contributed by atoms with Crippen molar-refractivity contribution in [2.45, 2.75) is 6.04 Å². The normalized spacial score (nSPS) is 17.6. The van der Waals surface area contributed by atoms with E-state index in [4.69, 9.17) is 16.3 Å². The molecule has 0 amide bonds. The first-order valence-electron chi connectivity index (χ1n) is 5.67. The highest BCUT2D eigenvalue weighted by atomic mass is 35.5. The molecular formula is C14H11ClFNO. The van der Waals surface area contributed by atoms with Gasteiger partial charge >= 0.3 is 0 Å². The molecule has 4 heteroatoms. The molecular weight excluding hydrogens is 253 g/mol. The Morgan fingerprint density at radius 2 is 2.11 bits per heavy atom. The van der Waals surface area contributed by atoms with E-state index in [9.17, 15) is 4.39 Å². The summed E-state index contributed by atoms with van der Waals surface area (Å²) in [7, 11) is 0. The number of rotatable bonds is 1. The highest BCUT2D eigenvalue weighted by Crippen LogP contribution is 2.35. The third kappa shape index (κ3) is 2.14. The van der Waals surface area contributed by atoms with Gasteiger partial charge in [-0.2, -0.15) is 0 Å². The summed E-state index contributed by atoms with van der Waals surface area (Å²) in [5.41, 5.74) is 1.70. The van der Waals surface area contributed by atoms with Gasteiger partial charge in [0.2, 0.25) is 0 Å². The maximum atomic E-state index is 13.2. The number of ether oxygens (including phenoxy) is 1. The van der Waals surface area contributed by atoms with Gasteiger partial charge < -0.3 is 10.1 Å². The Morgan fingerprint density at radius 1 is 1.22 bits per heavy atom. The molecule has 0 aliphatic carbocycles. The minimum atomic E-state index is -0.244. The number of hydrogen-bond acceptors (Lipinski definition) is 2. The van der Waals surface area contributed by atoms with Gasteiger partial charge in [-0.05, 0) is 35.9 Å². The van der Waals surface area contributed by atoms with Gasteiger partial charge in [0, 0.05) is 5.02 Å². The van der Waals surface area contributed by atoms with Crippen molar-refractivity contribution >= 4 is 17.3 Å². The second kappa shape index (κ2) is 4.50. The van der Waals surface area contributed by atoms with E-state index in [1.165, 1.54) is 12.1 Å². The molecule has 0 unspecified atom stereocenters. The number of anilines is 1. The number of hydrogen-bond donors (Lipinski definition) is 1. The average molecular weight is 264 g/mol. The predicted molar refractivity (Wildman–Crippen MR) is 69.7 cm³/mol. The second-order valence-corrected chi connectivity index (χ2v) is 4.64. The molecule has 2 aromatic carbocycles. The third-order valence-electron chi connectivity index (χ3n) is 2.93. The lowest BCUT2D eigenvalue weighted by Crippen LogP contribution is -2.23. The first-order chi connectivity index (χ1) is 8.72. The molecule has 92 valence electrons. The molecule has 1 atom stereocenters. The van der Waals surface area contributed by atoms with Gasteiger partial charge in [0.1, 0.15) is 18.2 Å². The van der Waals surface area contributed by atoms with Crippen molar-refractivity contribution in [2.75, 3.05) is 11.9 Å². The predicted octanol–water partition coefficient (Wildman–Crippen LogP) is 4.02. The minimum absolute atomic E-state index is 0.0633. The maximum Gasteiger partial charge on any atom is 0.142 e. The van der Waals surface area contributed by atoms with Crippen molar-refractivity contribution in [2.24, 2.45) is 0 Å². The molecule has 0 bridgehead atoms. The fraction of sp³-hybridized carbons (Fsp3) is 0.143. The molecule has 2 nitrogen and oxygen atoms in total. The van der Waals surface area contributed by atoms with E-state index in [1.54, 1.807) is 12.1 Å². The summed E-state index contributed by atoms with van der Waals surface area (Å²) in [5, 5.41) is 3.95. The van der Waals surface area contributed by atoms with Crippen LogP contribution in [0.2, 0.25) is 5.02 Å². The van der Waals surface area contributed by atoms with Crippen LogP contribution in [0.3, 0.4) is 0 Å². The van der Waals surface area contributed by atoms with Gasteiger partial charge in [0.25, 0.3) is 0 Å². The van der Waals surface area contributed by atoms with Crippen molar-refractivity contribution < 1.29 is 9.13 Å². The van der Waals surface area contributed by atoms with Crippen LogP contribution in [-0.4, -0.2) is 6.61 Å². The van der Waals surface area contributed by atoms with Crippen LogP contribution in [0.4, 0.5) is 10.1 Å². The molecule has 1 N–H and O–H groups in total. The topological polar surface area (TPSA) is 21.3 Å². The first kappa shape index (κ1) is 11.4. The van der Waals surface area contributed by atoms with Crippen molar-refractivity contribution in [3.63, 3.8) is 0 Å². The summed E-state index contributed by atoms with van der Waals surface area (Å²) in [6, 6.07) is 11.9. The zero-order valence-electron chi connectivity index (χ0n) is 9.49. The molecule has 0 saturated heterocycles. The zero-order valence-corrected chi connectivity index (χ0v) is 10.2. The fourth-order valence-corrected chi connectivity index (χ4v) is 2.22. The number of halogens is 2. The molecule has 18 heavy (non-hydrogen) atoms. The summed E-state index contributed by atoms with van der Waals surface area (Å²) in [5.74, 6) is 0.526. The van der Waals surface area contributed by atoms with Crippen molar-refractivity contribution in [1.29, 1.82) is 0 Å². The van der Waals surface area contributed by atoms with Crippen LogP contribution >= 0.6 is 11.6 Å². The third-order valence-corrected chi connectivity index (χ3v) is 3.16. The van der Waals surface area contributed by atoms with E-state index in [0.29, 0.717) is 11.6 Å². The van der Waals surface area contributed by atoms with Crippen LogP contribution in [0.1, 0.15) is 11.6 Å². The quantitative estimate of drug-likeness (QED) is 0.839. The van der Waals surface area contributed by atoms with E-state index in [-0.39, 0.29) is 11.9 Å². The van der Waals surface area contributed by atoms with Crippen LogP contribution in [0.5, 0.6) is 5.75 Å². The second-order valence-electron chi connectivity index (χ2n) is 4.20. The molecule has 1 heterocycles. The Labute approximate surface area is 109 Å². The Hall–Kier alpha value is -1.74. The van der Waals surface area contributed by atoms with Gasteiger partial charge in [-0.1, -0.05) is 23.7 Å². The molecule has 0 fully saturated rings. The van der Waals surface area contributed by atoms with Crippen LogP contribution in [-0.2, 0) is 0 Å². The lowest BCUT2D eigenvalue weighted by molar-refractivity contribution is 0.286. The van der Waals surface area contributed by atoms with Gasteiger partial charge in [-0.3, -0.25) is 0 Å². The van der Waals surface area contributed by atoms with Gasteiger partial charge in [-0.25, -0.2) is 4.39 Å². The van der Waals surface area contributed by atoms with E-state index < -0.39 is 0 Å². The molecule has 0 spiro atoms. The van der Waals surface area contributed by atoms with E-state index in [0.717, 1.165) is 17.0 Å². The standard InChI is InChI=1S/C14H11ClFNO/c15-10-4-5-14-12(7-10)17-13(8-18-14)9-2-1-3-11(16)6-9/h1-7,13,17H,8H2/t13-/m0/s1. The van der Waals surface area contributed by atoms with Crippen LogP contribution in [0.25, 0.3) is 0 Å². The SMILES string of the molecule is Fc1cccc([C@@H]2COc3ccc(Cl)cc3N2)c1. The first-order valence-corrected chi connectivity index (χ1v) is 6.04. The molecule has 0 saturated carbocycles. The lowest BCUT2D eigenvalue weighted by atomic mass is 10.1. The Balaban J connectivity index is 1.90. The summed E-state index contributed by atoms with van der Waals surface area (Å²) >= 11 is 5.94. The molecule has 1 aliphatic heterocycles. The van der Waals surface area contributed by atoms with Crippen LogP contribution < -0.4 is 10.1 Å². The van der Waals surface area contributed by atoms with E-state index >= 15 is 0 Å². The van der Waals surface area contributed by atoms with Gasteiger partial charge in [0.15, 0.2) is 0 Å². The number of benzene rings is 2. The Kier molecular flexibility index (Phi) is 2.84. The van der Waals surface area contributed by atoms with Gasteiger partial charge in [0.05, 0.1) is 11.7 Å². The maximum absolute atomic E-state index is 13.2. The monoisotopic (exact) mass is 263 g/mol. The van der Waals surface area contributed by atoms with Crippen LogP contribution in [0.15, 0.2) is 42.5 Å². The molecule has 1 aliphatic rings. The summed E-state index contributed by atoms with van der Waals surface area (Å²) in [6.45, 7) is 0.470. The van der Waals surface area contributed by atoms with E-state index in [2.05, 4.69) is 5.32 Å². The number of fused-ring (bicyclic) bond motifs is 1. The Morgan fingerprint density at radius 3 is 2.94 bits per heavy atom. The van der Waals surface area contributed by atoms with E-state index in [1.807, 2.05) is 18.2 Å². The highest BCUT2D eigenvalue weighted by molar-refractivity contribution is 6.30. The molecule has 3 rings (SSSR count). The number of nitrogens with one attached hydrogen (secondary N) is 1. The molecule has 2 aromatic rings. The van der Waals surface area contributed by atoms with Gasteiger partial charge in [-0.15, -0.1) is 0 Å². The fourth-order valence-electron chi connectivity index (χ4n) is 2.05. The summed E-state index contributed by atoms with van der Waals surface area (Å²) in [4.78, 5) is 0. The largest absolute Gasteiger partial charge is 0.489 e. The summed E-state index contributed by atoms with van der Waals surface area (Å²) in [6.07, 6.45) is 0. The van der Waals surface area contributed by atoms with Crippen molar-refractivity contribution in [3.8, 4) is 5.75 Å². The average Bonchev–Trinajstić information content (AvgIpc) is 2.38. The zero-order chi connectivity index (χ0) is 12.5. The molecule has 0 aromatic heterocycles. The highest BCUT2D eigenvalue weighted by Gasteiger charge is 2.20. The Bertz CT molecular complexity index is 588. The van der Waals surface area contributed by atoms with Crippen LogP contribution in [0, 0.1) is 5.82 Å². The molecule has 0 radical (unpaired) electrons. The minimum Gasteiger partial charge on any atom is -0.489 e. The van der Waals surface area contributed by atoms with Crippen molar-refractivity contribution in [1.82, 2.24) is 0 Å². The lowest BCUT2D eigenvalue weighted by Gasteiger charge is -2.27. The summed E-state index contributed by atoms with van der Waals surface area (Å²) < 4.78 is 18.8.